The number of nitrogens with one attached hydrogen (secondary N) is 1. The summed E-state index contributed by atoms with van der Waals surface area (Å²) in [5.74, 6) is -0.0358. The molecule has 1 aliphatic heterocycles. The van der Waals surface area contributed by atoms with Crippen LogP contribution in [0.15, 0.2) is 53.6 Å². The van der Waals surface area contributed by atoms with Gasteiger partial charge in [-0.3, -0.25) is 14.6 Å². The van der Waals surface area contributed by atoms with Gasteiger partial charge in [0.2, 0.25) is 0 Å². The third kappa shape index (κ3) is 5.79. The van der Waals surface area contributed by atoms with Crippen molar-refractivity contribution in [3.8, 4) is 5.75 Å². The Kier molecular flexibility index (Phi) is 6.81. The van der Waals surface area contributed by atoms with E-state index in [0.29, 0.717) is 12.1 Å². The monoisotopic (exact) mass is 386 g/mol. The summed E-state index contributed by atoms with van der Waals surface area (Å²) in [7, 11) is 0. The van der Waals surface area contributed by atoms with Crippen molar-refractivity contribution in [3.05, 3.63) is 64.7 Å². The Hall–Kier alpha value is -2.41. The van der Waals surface area contributed by atoms with Crippen LogP contribution >= 0.6 is 11.6 Å². The predicted molar refractivity (Wildman–Crippen MR) is 107 cm³/mol. The number of hydrazone groups is 1. The van der Waals surface area contributed by atoms with Crippen LogP contribution in [0, 0.1) is 0 Å². The van der Waals surface area contributed by atoms with E-state index in [9.17, 15) is 9.90 Å². The molecule has 0 saturated carbocycles. The summed E-state index contributed by atoms with van der Waals surface area (Å²) < 4.78 is 0. The lowest BCUT2D eigenvalue weighted by molar-refractivity contribution is -0.122. The van der Waals surface area contributed by atoms with Gasteiger partial charge in [-0.1, -0.05) is 41.9 Å². The molecule has 6 nitrogen and oxygen atoms in total. The number of amides is 1. The maximum absolute atomic E-state index is 12.0. The fraction of sp³-hybridized carbons (Fsp3) is 0.300. The highest BCUT2D eigenvalue weighted by atomic mass is 35.5. The number of halogens is 1. The highest BCUT2D eigenvalue weighted by Crippen LogP contribution is 2.17. The number of carbonyl (C=O) groups excluding carboxylic acids is 1. The number of para-hydroxylation sites is 1. The molecule has 1 saturated heterocycles. The first-order valence-electron chi connectivity index (χ1n) is 8.90. The first-order valence-corrected chi connectivity index (χ1v) is 9.27. The average molecular weight is 387 g/mol. The average Bonchev–Trinajstić information content (AvgIpc) is 2.67. The van der Waals surface area contributed by atoms with Gasteiger partial charge in [0.25, 0.3) is 5.91 Å². The van der Waals surface area contributed by atoms with Gasteiger partial charge in [0.1, 0.15) is 5.75 Å². The fourth-order valence-electron chi connectivity index (χ4n) is 2.98. The first kappa shape index (κ1) is 19.4. The highest BCUT2D eigenvalue weighted by molar-refractivity contribution is 6.31. The van der Waals surface area contributed by atoms with Crippen molar-refractivity contribution in [3.63, 3.8) is 0 Å². The minimum atomic E-state index is -0.166. The van der Waals surface area contributed by atoms with E-state index in [1.807, 2.05) is 24.3 Å². The smallest absolute Gasteiger partial charge is 0.254 e. The molecule has 2 aromatic carbocycles. The lowest BCUT2D eigenvalue weighted by Crippen LogP contribution is -2.48. The SMILES string of the molecule is O=C(CN1CCN(Cc2ccccc2Cl)CC1)N/N=C/c1ccccc1O. The molecule has 0 aliphatic carbocycles. The molecule has 0 aromatic heterocycles. The maximum Gasteiger partial charge on any atom is 0.254 e. The van der Waals surface area contributed by atoms with E-state index in [1.54, 1.807) is 24.3 Å². The molecular weight excluding hydrogens is 364 g/mol. The summed E-state index contributed by atoms with van der Waals surface area (Å²) in [6.45, 7) is 4.55. The van der Waals surface area contributed by atoms with Crippen LogP contribution in [0.1, 0.15) is 11.1 Å². The molecule has 2 N–H and O–H groups in total. The van der Waals surface area contributed by atoms with Crippen LogP contribution in [-0.4, -0.2) is 59.8 Å². The largest absolute Gasteiger partial charge is 0.507 e. The zero-order valence-electron chi connectivity index (χ0n) is 15.0. The molecule has 0 radical (unpaired) electrons. The molecule has 2 aromatic rings. The van der Waals surface area contributed by atoms with Crippen molar-refractivity contribution >= 4 is 23.7 Å². The molecule has 0 unspecified atom stereocenters. The van der Waals surface area contributed by atoms with Gasteiger partial charge in [-0.05, 0) is 23.8 Å². The number of carbonyl (C=O) groups is 1. The molecule has 0 atom stereocenters. The number of aromatic hydroxyl groups is 1. The molecule has 1 aliphatic rings. The van der Waals surface area contributed by atoms with Crippen molar-refractivity contribution < 1.29 is 9.90 Å². The Morgan fingerprint density at radius 2 is 1.74 bits per heavy atom. The zero-order valence-corrected chi connectivity index (χ0v) is 15.8. The number of hydrogen-bond acceptors (Lipinski definition) is 5. The van der Waals surface area contributed by atoms with Gasteiger partial charge in [-0.25, -0.2) is 5.43 Å². The number of rotatable bonds is 6. The molecule has 1 amide bonds. The minimum absolute atomic E-state index is 0.130. The van der Waals surface area contributed by atoms with E-state index in [2.05, 4.69) is 20.3 Å². The molecule has 0 bridgehead atoms. The van der Waals surface area contributed by atoms with Gasteiger partial charge < -0.3 is 5.11 Å². The maximum atomic E-state index is 12.0. The molecular formula is C20H23ClN4O2. The Labute approximate surface area is 164 Å². The van der Waals surface area contributed by atoms with E-state index < -0.39 is 0 Å². The van der Waals surface area contributed by atoms with E-state index >= 15 is 0 Å². The molecule has 7 heteroatoms. The van der Waals surface area contributed by atoms with Crippen LogP contribution in [0.4, 0.5) is 0 Å². The van der Waals surface area contributed by atoms with Crippen LogP contribution in [-0.2, 0) is 11.3 Å². The summed E-state index contributed by atoms with van der Waals surface area (Å²) in [4.78, 5) is 16.5. The number of hydrogen-bond donors (Lipinski definition) is 2. The van der Waals surface area contributed by atoms with Crippen molar-refractivity contribution in [2.45, 2.75) is 6.54 Å². The number of piperazine rings is 1. The Morgan fingerprint density at radius 3 is 2.48 bits per heavy atom. The number of phenolic OH excluding ortho intramolecular Hbond substituents is 1. The van der Waals surface area contributed by atoms with Gasteiger partial charge in [0.05, 0.1) is 12.8 Å². The topological polar surface area (TPSA) is 68.2 Å². The van der Waals surface area contributed by atoms with Crippen molar-refractivity contribution in [1.29, 1.82) is 0 Å². The Morgan fingerprint density at radius 1 is 1.07 bits per heavy atom. The van der Waals surface area contributed by atoms with E-state index in [0.717, 1.165) is 43.3 Å². The van der Waals surface area contributed by atoms with Gasteiger partial charge >= 0.3 is 0 Å². The first-order chi connectivity index (χ1) is 13.1. The van der Waals surface area contributed by atoms with Crippen LogP contribution in [0.5, 0.6) is 5.75 Å². The van der Waals surface area contributed by atoms with Crippen molar-refractivity contribution in [1.82, 2.24) is 15.2 Å². The summed E-state index contributed by atoms with van der Waals surface area (Å²) in [5, 5.41) is 14.4. The van der Waals surface area contributed by atoms with E-state index in [-0.39, 0.29) is 11.7 Å². The van der Waals surface area contributed by atoms with Crippen LogP contribution < -0.4 is 5.43 Å². The van der Waals surface area contributed by atoms with Gasteiger partial charge in [-0.15, -0.1) is 0 Å². The van der Waals surface area contributed by atoms with Crippen LogP contribution in [0.3, 0.4) is 0 Å². The lowest BCUT2D eigenvalue weighted by Gasteiger charge is -2.34. The summed E-state index contributed by atoms with van der Waals surface area (Å²) in [5.41, 5.74) is 4.20. The fourth-order valence-corrected chi connectivity index (χ4v) is 3.18. The summed E-state index contributed by atoms with van der Waals surface area (Å²) >= 11 is 6.22. The van der Waals surface area contributed by atoms with E-state index in [4.69, 9.17) is 11.6 Å². The van der Waals surface area contributed by atoms with Gasteiger partial charge in [0, 0.05) is 43.3 Å². The second-order valence-corrected chi connectivity index (χ2v) is 6.90. The highest BCUT2D eigenvalue weighted by Gasteiger charge is 2.19. The van der Waals surface area contributed by atoms with Crippen molar-refractivity contribution in [2.24, 2.45) is 5.10 Å². The van der Waals surface area contributed by atoms with Gasteiger partial charge in [0.15, 0.2) is 0 Å². The normalized spacial score (nSPS) is 15.9. The van der Waals surface area contributed by atoms with E-state index in [1.165, 1.54) is 6.21 Å². The lowest BCUT2D eigenvalue weighted by atomic mass is 10.2. The second-order valence-electron chi connectivity index (χ2n) is 6.50. The molecule has 0 spiro atoms. The minimum Gasteiger partial charge on any atom is -0.507 e. The number of phenols is 1. The number of benzene rings is 2. The predicted octanol–water partition coefficient (Wildman–Crippen LogP) is 2.31. The third-order valence-electron chi connectivity index (χ3n) is 4.51. The molecule has 27 heavy (non-hydrogen) atoms. The van der Waals surface area contributed by atoms with Gasteiger partial charge in [-0.2, -0.15) is 5.10 Å². The summed E-state index contributed by atoms with van der Waals surface area (Å²) in [6.07, 6.45) is 1.44. The third-order valence-corrected chi connectivity index (χ3v) is 4.88. The number of nitrogens with zero attached hydrogens (tertiary/aromatic N) is 3. The van der Waals surface area contributed by atoms with Crippen LogP contribution in [0.2, 0.25) is 5.02 Å². The molecule has 1 fully saturated rings. The Bertz CT molecular complexity index is 804. The quantitative estimate of drug-likeness (QED) is 0.590. The second kappa shape index (κ2) is 9.50. The van der Waals surface area contributed by atoms with Crippen LogP contribution in [0.25, 0.3) is 0 Å². The summed E-state index contributed by atoms with van der Waals surface area (Å²) in [6, 6.07) is 14.7. The van der Waals surface area contributed by atoms with Crippen molar-refractivity contribution in [2.75, 3.05) is 32.7 Å². The standard InChI is InChI=1S/C20H23ClN4O2/c21-18-7-3-1-6-17(18)14-24-9-11-25(12-10-24)15-20(27)23-22-13-16-5-2-4-8-19(16)26/h1-8,13,26H,9-12,14-15H2,(H,23,27)/b22-13+. The Balaban J connectivity index is 1.40. The molecule has 1 heterocycles. The molecule has 3 rings (SSSR count). The molecule has 142 valence electrons. The zero-order chi connectivity index (χ0) is 19.1.